The Bertz CT molecular complexity index is 910. The smallest absolute Gasteiger partial charge is 0.258 e. The van der Waals surface area contributed by atoms with Gasteiger partial charge < -0.3 is 5.73 Å². The maximum Gasteiger partial charge on any atom is 0.258 e. The maximum absolute atomic E-state index is 13.5. The summed E-state index contributed by atoms with van der Waals surface area (Å²) in [5, 5.41) is -1.16. The second-order valence-corrected chi connectivity index (χ2v) is 12.1. The van der Waals surface area contributed by atoms with E-state index in [0.29, 0.717) is 6.42 Å². The molecule has 1 aliphatic carbocycles. The van der Waals surface area contributed by atoms with E-state index in [2.05, 4.69) is 13.2 Å². The average Bonchev–Trinajstić information content (AvgIpc) is 2.68. The lowest BCUT2D eigenvalue weighted by molar-refractivity contribution is 0.385. The SMILES string of the molecule is C=CC/C=C(\N(C(C)C=C)S(=O)(=O)C1C=CC=CC1)S(=O)(=O)N(C)CCC(C)(C)N. The van der Waals surface area contributed by atoms with Crippen molar-refractivity contribution in [3.8, 4) is 0 Å². The van der Waals surface area contributed by atoms with Crippen molar-refractivity contribution < 1.29 is 16.8 Å². The molecule has 170 valence electrons. The molecule has 9 heteroatoms. The van der Waals surface area contributed by atoms with Gasteiger partial charge in [-0.3, -0.25) is 4.31 Å². The van der Waals surface area contributed by atoms with Gasteiger partial charge in [0.1, 0.15) is 5.25 Å². The lowest BCUT2D eigenvalue weighted by Crippen LogP contribution is -2.47. The highest BCUT2D eigenvalue weighted by molar-refractivity contribution is 7.95. The molecule has 0 spiro atoms. The molecule has 1 rings (SSSR count). The van der Waals surface area contributed by atoms with Crippen LogP contribution >= 0.6 is 0 Å². The number of hydrogen-bond acceptors (Lipinski definition) is 5. The summed E-state index contributed by atoms with van der Waals surface area (Å²) in [6.07, 6.45) is 11.9. The van der Waals surface area contributed by atoms with Crippen molar-refractivity contribution in [2.24, 2.45) is 5.73 Å². The van der Waals surface area contributed by atoms with Gasteiger partial charge in [-0.1, -0.05) is 36.5 Å². The van der Waals surface area contributed by atoms with Gasteiger partial charge in [-0.2, -0.15) is 4.31 Å². The summed E-state index contributed by atoms with van der Waals surface area (Å²) in [6, 6.07) is -0.764. The van der Waals surface area contributed by atoms with Gasteiger partial charge in [-0.25, -0.2) is 16.8 Å². The van der Waals surface area contributed by atoms with Crippen molar-refractivity contribution in [2.75, 3.05) is 13.6 Å². The Morgan fingerprint density at radius 3 is 2.37 bits per heavy atom. The highest BCUT2D eigenvalue weighted by atomic mass is 32.2. The van der Waals surface area contributed by atoms with Gasteiger partial charge in [0.2, 0.25) is 10.0 Å². The predicted octanol–water partition coefficient (Wildman–Crippen LogP) is 2.88. The Balaban J connectivity index is 3.52. The summed E-state index contributed by atoms with van der Waals surface area (Å²) < 4.78 is 56.0. The molecule has 2 unspecified atom stereocenters. The van der Waals surface area contributed by atoms with Crippen LogP contribution < -0.4 is 5.73 Å². The number of sulfonamides is 2. The van der Waals surface area contributed by atoms with Gasteiger partial charge in [-0.05, 0) is 46.1 Å². The van der Waals surface area contributed by atoms with Crippen LogP contribution in [-0.4, -0.2) is 55.9 Å². The van der Waals surface area contributed by atoms with Crippen LogP contribution in [0.5, 0.6) is 0 Å². The minimum atomic E-state index is -4.12. The van der Waals surface area contributed by atoms with E-state index in [1.54, 1.807) is 45.1 Å². The fourth-order valence-electron chi connectivity index (χ4n) is 2.80. The Morgan fingerprint density at radius 1 is 1.27 bits per heavy atom. The fourth-order valence-corrected chi connectivity index (χ4v) is 6.55. The molecular formula is C21H35N3O4S2. The van der Waals surface area contributed by atoms with Gasteiger partial charge in [0.05, 0.1) is 6.04 Å². The van der Waals surface area contributed by atoms with Crippen molar-refractivity contribution in [2.45, 2.75) is 56.9 Å². The third-order valence-corrected chi connectivity index (χ3v) is 8.93. The number of allylic oxidation sites excluding steroid dienone is 5. The van der Waals surface area contributed by atoms with Crippen molar-refractivity contribution >= 4 is 20.0 Å². The minimum Gasteiger partial charge on any atom is -0.326 e. The Kier molecular flexibility index (Phi) is 9.28. The lowest BCUT2D eigenvalue weighted by Gasteiger charge is -2.35. The van der Waals surface area contributed by atoms with Gasteiger partial charge in [0.25, 0.3) is 10.0 Å². The number of nitrogens with zero attached hydrogens (tertiary/aromatic N) is 2. The van der Waals surface area contributed by atoms with Gasteiger partial charge in [0, 0.05) is 19.1 Å². The summed E-state index contributed by atoms with van der Waals surface area (Å²) in [4.78, 5) is 0. The van der Waals surface area contributed by atoms with Crippen molar-refractivity contribution in [1.29, 1.82) is 0 Å². The van der Waals surface area contributed by atoms with Crippen molar-refractivity contribution in [1.82, 2.24) is 8.61 Å². The average molecular weight is 458 g/mol. The van der Waals surface area contributed by atoms with E-state index in [0.717, 1.165) is 8.61 Å². The van der Waals surface area contributed by atoms with Crippen LogP contribution in [0.25, 0.3) is 0 Å². The van der Waals surface area contributed by atoms with Gasteiger partial charge in [0.15, 0.2) is 5.03 Å². The molecule has 30 heavy (non-hydrogen) atoms. The molecule has 1 aliphatic rings. The van der Waals surface area contributed by atoms with Crippen molar-refractivity contribution in [3.63, 3.8) is 0 Å². The number of hydrogen-bond donors (Lipinski definition) is 1. The molecular weight excluding hydrogens is 422 g/mol. The maximum atomic E-state index is 13.5. The zero-order chi connectivity index (χ0) is 23.2. The molecule has 0 aromatic rings. The van der Waals surface area contributed by atoms with E-state index in [9.17, 15) is 16.8 Å². The van der Waals surface area contributed by atoms with Crippen LogP contribution in [-0.2, 0) is 20.0 Å². The Morgan fingerprint density at radius 2 is 1.90 bits per heavy atom. The third-order valence-electron chi connectivity index (χ3n) is 4.73. The van der Waals surface area contributed by atoms with Crippen LogP contribution in [0.1, 0.15) is 40.0 Å². The molecule has 0 aromatic heterocycles. The molecule has 0 bridgehead atoms. The van der Waals surface area contributed by atoms with Crippen LogP contribution in [0, 0.1) is 0 Å². The van der Waals surface area contributed by atoms with E-state index in [4.69, 9.17) is 5.73 Å². The molecule has 0 fully saturated rings. The lowest BCUT2D eigenvalue weighted by atomic mass is 10.0. The summed E-state index contributed by atoms with van der Waals surface area (Å²) >= 11 is 0. The predicted molar refractivity (Wildman–Crippen MR) is 124 cm³/mol. The van der Waals surface area contributed by atoms with Crippen LogP contribution in [0.4, 0.5) is 0 Å². The number of rotatable bonds is 12. The minimum absolute atomic E-state index is 0.152. The van der Waals surface area contributed by atoms with Crippen LogP contribution in [0.15, 0.2) is 60.7 Å². The second-order valence-electron chi connectivity index (χ2n) is 8.04. The highest BCUT2D eigenvalue weighted by Gasteiger charge is 2.40. The standard InChI is InChI=1S/C21H35N3O4S2/c1-7-9-15-20(30(27,28)23(6)17-16-21(4,5)22)24(18(3)8-2)29(25,26)19-13-11-10-12-14-19/h7-8,10-13,15,18-19H,1-2,9,14,16-17,22H2,3-6H3/b20-15+. The van der Waals surface area contributed by atoms with E-state index < -0.39 is 36.9 Å². The first-order valence-electron chi connectivity index (χ1n) is 9.84. The number of nitrogens with two attached hydrogens (primary N) is 1. The molecule has 0 saturated carbocycles. The molecule has 2 N–H and O–H groups in total. The quantitative estimate of drug-likeness (QED) is 0.454. The van der Waals surface area contributed by atoms with Gasteiger partial charge >= 0.3 is 0 Å². The summed E-state index contributed by atoms with van der Waals surface area (Å²) in [5.41, 5.74) is 5.44. The molecule has 0 aliphatic heterocycles. The molecule has 0 aromatic carbocycles. The van der Waals surface area contributed by atoms with Crippen molar-refractivity contribution in [3.05, 3.63) is 60.7 Å². The largest absolute Gasteiger partial charge is 0.326 e. The Labute approximate surface area is 182 Å². The molecule has 0 radical (unpaired) electrons. The van der Waals surface area contributed by atoms with Crippen LogP contribution in [0.3, 0.4) is 0 Å². The van der Waals surface area contributed by atoms with E-state index in [1.165, 1.54) is 25.3 Å². The Hall–Kier alpha value is -1.68. The monoisotopic (exact) mass is 457 g/mol. The first-order valence-corrected chi connectivity index (χ1v) is 12.8. The molecule has 0 amide bonds. The first kappa shape index (κ1) is 26.4. The van der Waals surface area contributed by atoms with Crippen LogP contribution in [0.2, 0.25) is 0 Å². The molecule has 2 atom stereocenters. The highest BCUT2D eigenvalue weighted by Crippen LogP contribution is 2.29. The summed E-state index contributed by atoms with van der Waals surface area (Å²) in [7, 11) is -6.73. The fraction of sp³-hybridized carbons (Fsp3) is 0.524. The molecule has 0 heterocycles. The third kappa shape index (κ3) is 6.66. The van der Waals surface area contributed by atoms with E-state index in [-0.39, 0.29) is 24.4 Å². The normalized spacial score (nSPS) is 19.0. The topological polar surface area (TPSA) is 101 Å². The van der Waals surface area contributed by atoms with E-state index in [1.807, 2.05) is 0 Å². The summed E-state index contributed by atoms with van der Waals surface area (Å²) in [5.74, 6) is 0. The van der Waals surface area contributed by atoms with Gasteiger partial charge in [-0.15, -0.1) is 13.2 Å². The first-order chi connectivity index (χ1) is 13.8. The zero-order valence-electron chi connectivity index (χ0n) is 18.4. The zero-order valence-corrected chi connectivity index (χ0v) is 20.0. The van der Waals surface area contributed by atoms with E-state index >= 15 is 0 Å². The second kappa shape index (κ2) is 10.6. The molecule has 0 saturated heterocycles. The molecule has 7 nitrogen and oxygen atoms in total. The summed E-state index contributed by atoms with van der Waals surface area (Å²) in [6.45, 7) is 12.7.